The molecule has 1 aromatic carbocycles. The van der Waals surface area contributed by atoms with Gasteiger partial charge in [0.15, 0.2) is 0 Å². The number of nitriles is 1. The van der Waals surface area contributed by atoms with E-state index in [1.807, 2.05) is 6.07 Å². The summed E-state index contributed by atoms with van der Waals surface area (Å²) in [5, 5.41) is 11.8. The number of hydrogen-bond donors (Lipinski definition) is 1. The lowest BCUT2D eigenvalue weighted by Gasteiger charge is -2.07. The average Bonchev–Trinajstić information content (AvgIpc) is 2.30. The van der Waals surface area contributed by atoms with Gasteiger partial charge in [-0.25, -0.2) is 4.39 Å². The minimum absolute atomic E-state index is 0.305. The van der Waals surface area contributed by atoms with E-state index in [2.05, 4.69) is 19.2 Å². The highest BCUT2D eigenvalue weighted by Crippen LogP contribution is 2.09. The number of nitrogens with one attached hydrogen (secondary N) is 1. The third-order valence-corrected chi connectivity index (χ3v) is 2.63. The van der Waals surface area contributed by atoms with E-state index in [0.29, 0.717) is 23.6 Å². The van der Waals surface area contributed by atoms with E-state index in [1.165, 1.54) is 12.5 Å². The first kappa shape index (κ1) is 13.7. The quantitative estimate of drug-likeness (QED) is 0.767. The van der Waals surface area contributed by atoms with Crippen LogP contribution >= 0.6 is 0 Å². The molecule has 92 valence electrons. The van der Waals surface area contributed by atoms with Crippen molar-refractivity contribution in [3.05, 3.63) is 35.1 Å². The number of rotatable bonds is 6. The van der Waals surface area contributed by atoms with E-state index in [9.17, 15) is 4.39 Å². The lowest BCUT2D eigenvalue weighted by Crippen LogP contribution is -2.16. The summed E-state index contributed by atoms with van der Waals surface area (Å²) < 4.78 is 13.5. The Labute approximate surface area is 102 Å². The van der Waals surface area contributed by atoms with Gasteiger partial charge in [0.1, 0.15) is 5.82 Å². The molecule has 0 amide bonds. The molecule has 0 fully saturated rings. The zero-order valence-electron chi connectivity index (χ0n) is 10.5. The fourth-order valence-corrected chi connectivity index (χ4v) is 1.62. The summed E-state index contributed by atoms with van der Waals surface area (Å²) in [5.41, 5.74) is 0.986. The van der Waals surface area contributed by atoms with Crippen molar-refractivity contribution in [2.45, 2.75) is 33.2 Å². The SMILES string of the molecule is CC(C)CCCNCc1ccc(C#N)cc1F. The Balaban J connectivity index is 2.35. The first-order valence-corrected chi connectivity index (χ1v) is 6.02. The molecule has 2 nitrogen and oxygen atoms in total. The summed E-state index contributed by atoms with van der Waals surface area (Å²) >= 11 is 0. The van der Waals surface area contributed by atoms with Crippen LogP contribution in [0, 0.1) is 23.1 Å². The standard InChI is InChI=1S/C14H19FN2/c1-11(2)4-3-7-17-10-13-6-5-12(9-16)8-14(13)15/h5-6,8,11,17H,3-4,7,10H2,1-2H3. The molecule has 0 heterocycles. The van der Waals surface area contributed by atoms with Crippen LogP contribution < -0.4 is 5.32 Å². The van der Waals surface area contributed by atoms with Crippen molar-refractivity contribution in [1.82, 2.24) is 5.32 Å². The molecule has 0 aliphatic heterocycles. The van der Waals surface area contributed by atoms with Gasteiger partial charge in [-0.1, -0.05) is 19.9 Å². The minimum Gasteiger partial charge on any atom is -0.313 e. The van der Waals surface area contributed by atoms with Crippen molar-refractivity contribution in [1.29, 1.82) is 5.26 Å². The molecule has 1 N–H and O–H groups in total. The fraction of sp³-hybridized carbons (Fsp3) is 0.500. The second-order valence-corrected chi connectivity index (χ2v) is 4.63. The van der Waals surface area contributed by atoms with Crippen molar-refractivity contribution in [3.8, 4) is 6.07 Å². The van der Waals surface area contributed by atoms with Crippen molar-refractivity contribution in [2.24, 2.45) is 5.92 Å². The molecule has 0 atom stereocenters. The van der Waals surface area contributed by atoms with Crippen LogP contribution in [0.5, 0.6) is 0 Å². The lowest BCUT2D eigenvalue weighted by molar-refractivity contribution is 0.521. The van der Waals surface area contributed by atoms with Crippen LogP contribution in [-0.2, 0) is 6.54 Å². The van der Waals surface area contributed by atoms with E-state index in [4.69, 9.17) is 5.26 Å². The second-order valence-electron chi connectivity index (χ2n) is 4.63. The molecule has 0 aliphatic rings. The maximum atomic E-state index is 13.5. The molecule has 0 saturated heterocycles. The van der Waals surface area contributed by atoms with Gasteiger partial charge in [0.2, 0.25) is 0 Å². The maximum Gasteiger partial charge on any atom is 0.129 e. The van der Waals surface area contributed by atoms with Gasteiger partial charge in [0, 0.05) is 12.1 Å². The van der Waals surface area contributed by atoms with Gasteiger partial charge >= 0.3 is 0 Å². The Bertz CT molecular complexity index is 394. The Kier molecular flexibility index (Phi) is 5.65. The molecule has 17 heavy (non-hydrogen) atoms. The number of benzene rings is 1. The number of nitrogens with zero attached hydrogens (tertiary/aromatic N) is 1. The third-order valence-electron chi connectivity index (χ3n) is 2.63. The van der Waals surface area contributed by atoms with Gasteiger partial charge in [-0.15, -0.1) is 0 Å². The van der Waals surface area contributed by atoms with Crippen LogP contribution in [-0.4, -0.2) is 6.54 Å². The van der Waals surface area contributed by atoms with Crippen LogP contribution in [0.3, 0.4) is 0 Å². The average molecular weight is 234 g/mol. The van der Waals surface area contributed by atoms with Crippen molar-refractivity contribution >= 4 is 0 Å². The highest BCUT2D eigenvalue weighted by molar-refractivity contribution is 5.32. The monoisotopic (exact) mass is 234 g/mol. The Morgan fingerprint density at radius 1 is 1.41 bits per heavy atom. The summed E-state index contributed by atoms with van der Waals surface area (Å²) in [7, 11) is 0. The van der Waals surface area contributed by atoms with Crippen LogP contribution in [0.4, 0.5) is 4.39 Å². The summed E-state index contributed by atoms with van der Waals surface area (Å²) in [6.45, 7) is 5.81. The fourth-order valence-electron chi connectivity index (χ4n) is 1.62. The van der Waals surface area contributed by atoms with E-state index >= 15 is 0 Å². The van der Waals surface area contributed by atoms with Crippen LogP contribution in [0.1, 0.15) is 37.8 Å². The van der Waals surface area contributed by atoms with Gasteiger partial charge in [0.05, 0.1) is 11.6 Å². The molecule has 0 saturated carbocycles. The molecular weight excluding hydrogens is 215 g/mol. The highest BCUT2D eigenvalue weighted by Gasteiger charge is 2.02. The Morgan fingerprint density at radius 3 is 2.76 bits per heavy atom. The van der Waals surface area contributed by atoms with Crippen molar-refractivity contribution < 1.29 is 4.39 Å². The second kappa shape index (κ2) is 7.03. The van der Waals surface area contributed by atoms with Crippen LogP contribution in [0.15, 0.2) is 18.2 Å². The van der Waals surface area contributed by atoms with Gasteiger partial charge in [-0.2, -0.15) is 5.26 Å². The molecule has 0 bridgehead atoms. The van der Waals surface area contributed by atoms with Gasteiger partial charge in [-0.3, -0.25) is 0 Å². The summed E-state index contributed by atoms with van der Waals surface area (Å²) in [6.07, 6.45) is 2.29. The molecule has 1 aromatic rings. The summed E-state index contributed by atoms with van der Waals surface area (Å²) in [5.74, 6) is 0.406. The largest absolute Gasteiger partial charge is 0.313 e. The van der Waals surface area contributed by atoms with Crippen LogP contribution in [0.25, 0.3) is 0 Å². The van der Waals surface area contributed by atoms with Gasteiger partial charge in [0.25, 0.3) is 0 Å². The zero-order valence-corrected chi connectivity index (χ0v) is 10.5. The third kappa shape index (κ3) is 4.97. The predicted molar refractivity (Wildman–Crippen MR) is 66.9 cm³/mol. The van der Waals surface area contributed by atoms with E-state index in [1.54, 1.807) is 12.1 Å². The molecular formula is C14H19FN2. The van der Waals surface area contributed by atoms with Crippen molar-refractivity contribution in [3.63, 3.8) is 0 Å². The molecule has 1 rings (SSSR count). The molecule has 0 aliphatic carbocycles. The van der Waals surface area contributed by atoms with Crippen molar-refractivity contribution in [2.75, 3.05) is 6.54 Å². The molecule has 3 heteroatoms. The smallest absolute Gasteiger partial charge is 0.129 e. The zero-order chi connectivity index (χ0) is 12.7. The van der Waals surface area contributed by atoms with E-state index in [0.717, 1.165) is 13.0 Å². The topological polar surface area (TPSA) is 35.8 Å². The number of hydrogen-bond acceptors (Lipinski definition) is 2. The highest BCUT2D eigenvalue weighted by atomic mass is 19.1. The maximum absolute atomic E-state index is 13.5. The summed E-state index contributed by atoms with van der Waals surface area (Å²) in [4.78, 5) is 0. The lowest BCUT2D eigenvalue weighted by atomic mass is 10.1. The Morgan fingerprint density at radius 2 is 2.18 bits per heavy atom. The Hall–Kier alpha value is -1.40. The first-order chi connectivity index (χ1) is 8.13. The minimum atomic E-state index is -0.305. The van der Waals surface area contributed by atoms with E-state index in [-0.39, 0.29) is 5.82 Å². The predicted octanol–water partition coefficient (Wildman–Crippen LogP) is 3.22. The molecule has 0 unspecified atom stereocenters. The summed E-state index contributed by atoms with van der Waals surface area (Å²) in [6, 6.07) is 6.52. The van der Waals surface area contributed by atoms with Gasteiger partial charge < -0.3 is 5.32 Å². The normalized spacial score (nSPS) is 10.5. The van der Waals surface area contributed by atoms with E-state index < -0.39 is 0 Å². The van der Waals surface area contributed by atoms with Crippen LogP contribution in [0.2, 0.25) is 0 Å². The molecule has 0 aromatic heterocycles. The number of halogens is 1. The first-order valence-electron chi connectivity index (χ1n) is 6.02. The van der Waals surface area contributed by atoms with Gasteiger partial charge in [-0.05, 0) is 37.4 Å². The molecule has 0 radical (unpaired) electrons. The molecule has 0 spiro atoms.